The molecule has 0 radical (unpaired) electrons. The number of phenolic OH excluding ortho intramolecular Hbond substituents is 1. The van der Waals surface area contributed by atoms with Gasteiger partial charge in [-0.25, -0.2) is 0 Å². The van der Waals surface area contributed by atoms with Crippen LogP contribution in [0.2, 0.25) is 0 Å². The quantitative estimate of drug-likeness (QED) is 0.414. The number of hydrogen-bond acceptors (Lipinski definition) is 2. The summed E-state index contributed by atoms with van der Waals surface area (Å²) in [5.41, 5.74) is 7.25. The summed E-state index contributed by atoms with van der Waals surface area (Å²) in [6.45, 7) is 4.61. The maximum Gasteiger partial charge on any atom is 0.137 e. The first-order chi connectivity index (χ1) is 16.5. The number of aliphatic imine (C=N–C) groups is 1. The van der Waals surface area contributed by atoms with E-state index >= 15 is 0 Å². The third-order valence-electron chi connectivity index (χ3n) is 7.13. The van der Waals surface area contributed by atoms with Crippen molar-refractivity contribution in [1.29, 1.82) is 0 Å². The van der Waals surface area contributed by atoms with E-state index in [0.29, 0.717) is 11.7 Å². The Balaban J connectivity index is 0.000000183. The predicted octanol–water partition coefficient (Wildman–Crippen LogP) is 6.21. The van der Waals surface area contributed by atoms with Gasteiger partial charge < -0.3 is 5.11 Å². The Morgan fingerprint density at radius 2 is 1.68 bits per heavy atom. The fourth-order valence-corrected chi connectivity index (χ4v) is 5.75. The lowest BCUT2D eigenvalue weighted by molar-refractivity contribution is 0.466. The highest BCUT2D eigenvalue weighted by Gasteiger charge is 2.17. The summed E-state index contributed by atoms with van der Waals surface area (Å²) in [6, 6.07) is 17.0. The molecule has 0 saturated heterocycles. The molecule has 1 N–H and O–H groups in total. The summed E-state index contributed by atoms with van der Waals surface area (Å²) in [5, 5.41) is 15.3. The van der Waals surface area contributed by atoms with Crippen LogP contribution >= 0.6 is 15.9 Å². The summed E-state index contributed by atoms with van der Waals surface area (Å²) in [7, 11) is 0. The molecule has 3 aromatic carbocycles. The van der Waals surface area contributed by atoms with E-state index in [1.807, 2.05) is 24.6 Å². The molecule has 1 aliphatic heterocycles. The molecule has 0 bridgehead atoms. The lowest BCUT2D eigenvalue weighted by atomic mass is 9.83. The van der Waals surface area contributed by atoms with Crippen molar-refractivity contribution in [2.75, 3.05) is 0 Å². The molecule has 1 heterocycles. The highest BCUT2D eigenvalue weighted by atomic mass is 79.9. The Bertz CT molecular complexity index is 1530. The SMILES string of the molecule is C1=Cc2ccccc2CC=N1.CC(C)C1=c2ccc3c(c2CCC1)CC=c1c(O)c(Br)ccc1=3. The van der Waals surface area contributed by atoms with Crippen molar-refractivity contribution in [3.8, 4) is 5.75 Å². The number of benzene rings is 3. The summed E-state index contributed by atoms with van der Waals surface area (Å²) in [4.78, 5) is 4.08. The van der Waals surface area contributed by atoms with E-state index in [2.05, 4.69) is 83.3 Å². The van der Waals surface area contributed by atoms with E-state index < -0.39 is 0 Å². The van der Waals surface area contributed by atoms with Gasteiger partial charge in [-0.15, -0.1) is 0 Å². The highest BCUT2D eigenvalue weighted by molar-refractivity contribution is 9.10. The minimum atomic E-state index is 0.361. The summed E-state index contributed by atoms with van der Waals surface area (Å²) in [6.07, 6.45) is 13.5. The zero-order chi connectivity index (χ0) is 23.7. The average molecular weight is 512 g/mol. The van der Waals surface area contributed by atoms with E-state index in [0.717, 1.165) is 27.8 Å². The predicted molar refractivity (Wildman–Crippen MR) is 146 cm³/mol. The Labute approximate surface area is 209 Å². The first kappa shape index (κ1) is 22.9. The molecule has 3 heteroatoms. The van der Waals surface area contributed by atoms with Crippen molar-refractivity contribution in [1.82, 2.24) is 0 Å². The molecule has 3 aromatic rings. The van der Waals surface area contributed by atoms with Gasteiger partial charge in [0.15, 0.2) is 0 Å². The van der Waals surface area contributed by atoms with Crippen LogP contribution in [0, 0.1) is 16.4 Å². The first-order valence-corrected chi connectivity index (χ1v) is 13.0. The van der Waals surface area contributed by atoms with E-state index in [9.17, 15) is 5.11 Å². The van der Waals surface area contributed by atoms with Crippen LogP contribution in [0.25, 0.3) is 17.7 Å². The molecule has 3 aliphatic rings. The van der Waals surface area contributed by atoms with Crippen molar-refractivity contribution < 1.29 is 5.11 Å². The molecule has 172 valence electrons. The second kappa shape index (κ2) is 9.76. The van der Waals surface area contributed by atoms with Crippen molar-refractivity contribution in [3.63, 3.8) is 0 Å². The molecule has 0 spiro atoms. The summed E-state index contributed by atoms with van der Waals surface area (Å²) in [5.74, 6) is 0.979. The third kappa shape index (κ3) is 4.30. The molecule has 0 fully saturated rings. The van der Waals surface area contributed by atoms with Crippen LogP contribution in [-0.4, -0.2) is 11.3 Å². The Kier molecular flexibility index (Phi) is 6.56. The molecule has 2 aliphatic carbocycles. The van der Waals surface area contributed by atoms with Gasteiger partial charge in [-0.1, -0.05) is 68.0 Å². The van der Waals surface area contributed by atoms with Crippen LogP contribution in [0.5, 0.6) is 5.75 Å². The van der Waals surface area contributed by atoms with Crippen molar-refractivity contribution >= 4 is 39.9 Å². The molecule has 0 saturated carbocycles. The van der Waals surface area contributed by atoms with E-state index in [1.165, 1.54) is 46.4 Å². The smallest absolute Gasteiger partial charge is 0.137 e. The van der Waals surface area contributed by atoms with Gasteiger partial charge >= 0.3 is 0 Å². The minimum absolute atomic E-state index is 0.361. The van der Waals surface area contributed by atoms with Crippen LogP contribution in [0.4, 0.5) is 0 Å². The molecule has 2 nitrogen and oxygen atoms in total. The van der Waals surface area contributed by atoms with E-state index in [1.54, 1.807) is 11.1 Å². The van der Waals surface area contributed by atoms with E-state index in [4.69, 9.17) is 0 Å². The fourth-order valence-electron chi connectivity index (χ4n) is 5.40. The van der Waals surface area contributed by atoms with Crippen molar-refractivity contribution in [2.45, 2.75) is 46.0 Å². The number of aromatic hydroxyl groups is 1. The van der Waals surface area contributed by atoms with Gasteiger partial charge in [0, 0.05) is 24.1 Å². The number of fused-ring (bicyclic) bond motifs is 5. The lowest BCUT2D eigenvalue weighted by Gasteiger charge is -2.22. The normalized spacial score (nSPS) is 15.2. The monoisotopic (exact) mass is 511 g/mol. The number of nitrogens with zero attached hydrogens (tertiary/aromatic N) is 1. The molecule has 0 unspecified atom stereocenters. The van der Waals surface area contributed by atoms with Gasteiger partial charge in [0.05, 0.1) is 4.47 Å². The molecular formula is C31H30BrNO. The maximum atomic E-state index is 10.3. The van der Waals surface area contributed by atoms with Crippen LogP contribution in [0.1, 0.15) is 48.9 Å². The van der Waals surface area contributed by atoms with Crippen LogP contribution in [0.15, 0.2) is 64.2 Å². The second-order valence-electron chi connectivity index (χ2n) is 9.47. The summed E-state index contributed by atoms with van der Waals surface area (Å²) >= 11 is 3.42. The van der Waals surface area contributed by atoms with Crippen LogP contribution in [-0.2, 0) is 19.3 Å². The maximum absolute atomic E-state index is 10.3. The zero-order valence-corrected chi connectivity index (χ0v) is 21.4. The van der Waals surface area contributed by atoms with Gasteiger partial charge in [-0.3, -0.25) is 4.99 Å². The fraction of sp³-hybridized carbons (Fsp3) is 0.258. The van der Waals surface area contributed by atoms with Crippen LogP contribution in [0.3, 0.4) is 0 Å². The van der Waals surface area contributed by atoms with Gasteiger partial charge in [0.1, 0.15) is 5.75 Å². The number of rotatable bonds is 1. The standard InChI is InChI=1S/C21H21BrO.C10H9N/c1-12(2)13-4-3-5-14-15(13)6-7-17-16(14)8-9-19-18(17)10-11-20(22)21(19)23;1-2-4-10-6-8-11-7-5-9(10)3-1/h6-7,9-12,23H,3-5,8H2,1-2H3;1-5,7-8H,6H2. The summed E-state index contributed by atoms with van der Waals surface area (Å²) < 4.78 is 0.768. The Morgan fingerprint density at radius 3 is 2.53 bits per heavy atom. The van der Waals surface area contributed by atoms with E-state index in [-0.39, 0.29) is 0 Å². The van der Waals surface area contributed by atoms with Gasteiger partial charge in [-0.2, -0.15) is 0 Å². The average Bonchev–Trinajstić information content (AvgIpc) is 3.11. The number of hydrogen-bond donors (Lipinski definition) is 1. The second-order valence-corrected chi connectivity index (χ2v) is 10.3. The Morgan fingerprint density at radius 1 is 0.882 bits per heavy atom. The van der Waals surface area contributed by atoms with Crippen LogP contribution < -0.4 is 10.4 Å². The van der Waals surface area contributed by atoms with Gasteiger partial charge in [0.25, 0.3) is 0 Å². The molecular weight excluding hydrogens is 482 g/mol. The molecule has 0 atom stereocenters. The largest absolute Gasteiger partial charge is 0.506 e. The molecule has 34 heavy (non-hydrogen) atoms. The van der Waals surface area contributed by atoms with Gasteiger partial charge in [-0.05, 0) is 97.6 Å². The van der Waals surface area contributed by atoms with Crippen molar-refractivity contribution in [2.24, 2.45) is 10.9 Å². The third-order valence-corrected chi connectivity index (χ3v) is 7.77. The molecule has 6 rings (SSSR count). The van der Waals surface area contributed by atoms with Crippen molar-refractivity contribution in [3.05, 3.63) is 102 Å². The van der Waals surface area contributed by atoms with Gasteiger partial charge in [0.2, 0.25) is 0 Å². The highest BCUT2D eigenvalue weighted by Crippen LogP contribution is 2.26. The lowest BCUT2D eigenvalue weighted by Crippen LogP contribution is -2.24. The number of phenols is 1. The first-order valence-electron chi connectivity index (χ1n) is 12.2. The number of halogens is 1. The topological polar surface area (TPSA) is 32.6 Å². The Hall–Kier alpha value is -2.91. The molecule has 0 amide bonds. The minimum Gasteiger partial charge on any atom is -0.506 e. The zero-order valence-electron chi connectivity index (χ0n) is 19.8. The molecule has 0 aromatic heterocycles.